The first-order valence-corrected chi connectivity index (χ1v) is 5.59. The van der Waals surface area contributed by atoms with E-state index in [-0.39, 0.29) is 11.6 Å². The van der Waals surface area contributed by atoms with Crippen molar-refractivity contribution in [3.63, 3.8) is 0 Å². The van der Waals surface area contributed by atoms with Gasteiger partial charge in [-0.25, -0.2) is 4.39 Å². The van der Waals surface area contributed by atoms with Gasteiger partial charge in [-0.1, -0.05) is 6.07 Å². The molecule has 0 heterocycles. The van der Waals surface area contributed by atoms with Gasteiger partial charge in [-0.2, -0.15) is 0 Å². The number of rotatable bonds is 3. The van der Waals surface area contributed by atoms with Gasteiger partial charge in [-0.05, 0) is 41.6 Å². The molecule has 3 N–H and O–H groups in total. The summed E-state index contributed by atoms with van der Waals surface area (Å²) in [6, 6.07) is 4.36. The van der Waals surface area contributed by atoms with E-state index in [1.807, 2.05) is 22.6 Å². The largest absolute Gasteiger partial charge is 0.348 e. The molecule has 0 aromatic heterocycles. The van der Waals surface area contributed by atoms with E-state index in [2.05, 4.69) is 5.32 Å². The summed E-state index contributed by atoms with van der Waals surface area (Å²) >= 11 is 1.93. The Morgan fingerprint density at radius 3 is 2.87 bits per heavy atom. The number of nitrogens with two attached hydrogens (primary N) is 1. The molecule has 1 rings (SSSR count). The highest BCUT2D eigenvalue weighted by Crippen LogP contribution is 2.15. The van der Waals surface area contributed by atoms with E-state index in [0.29, 0.717) is 10.1 Å². The third-order valence-electron chi connectivity index (χ3n) is 1.92. The summed E-state index contributed by atoms with van der Waals surface area (Å²) in [5.74, 6) is -0.931. The van der Waals surface area contributed by atoms with E-state index in [4.69, 9.17) is 5.73 Å². The zero-order chi connectivity index (χ0) is 11.4. The molecule has 0 fully saturated rings. The summed E-state index contributed by atoms with van der Waals surface area (Å²) in [5, 5.41) is 2.62. The summed E-state index contributed by atoms with van der Waals surface area (Å²) in [5.41, 5.74) is 5.45. The van der Waals surface area contributed by atoms with Crippen LogP contribution in [0.15, 0.2) is 18.2 Å². The van der Waals surface area contributed by atoms with Gasteiger partial charge >= 0.3 is 0 Å². The van der Waals surface area contributed by atoms with Gasteiger partial charge in [0.1, 0.15) is 5.82 Å². The Morgan fingerprint density at radius 1 is 1.67 bits per heavy atom. The number of amides is 1. The standard InChI is InChI=1S/C10H12FIN2O/c1-6(5-13)14-10(15)9-7(11)3-2-4-8(9)12/h2-4,6H,5,13H2,1H3,(H,14,15)/t6-/m1/s1. The molecule has 3 nitrogen and oxygen atoms in total. The minimum Gasteiger partial charge on any atom is -0.348 e. The number of halogens is 2. The maximum Gasteiger partial charge on any atom is 0.255 e. The zero-order valence-electron chi connectivity index (χ0n) is 8.26. The normalized spacial score (nSPS) is 12.3. The number of carbonyl (C=O) groups is 1. The first kappa shape index (κ1) is 12.4. The zero-order valence-corrected chi connectivity index (χ0v) is 10.4. The number of hydrogen-bond donors (Lipinski definition) is 2. The van der Waals surface area contributed by atoms with E-state index >= 15 is 0 Å². The van der Waals surface area contributed by atoms with Crippen LogP contribution in [0.3, 0.4) is 0 Å². The van der Waals surface area contributed by atoms with Crippen molar-refractivity contribution in [2.24, 2.45) is 5.73 Å². The van der Waals surface area contributed by atoms with Crippen LogP contribution in [0.2, 0.25) is 0 Å². The van der Waals surface area contributed by atoms with Crippen molar-refractivity contribution >= 4 is 28.5 Å². The van der Waals surface area contributed by atoms with E-state index in [1.165, 1.54) is 6.07 Å². The van der Waals surface area contributed by atoms with Crippen molar-refractivity contribution < 1.29 is 9.18 Å². The molecule has 0 saturated carbocycles. The monoisotopic (exact) mass is 322 g/mol. The van der Waals surface area contributed by atoms with Gasteiger partial charge in [0.05, 0.1) is 5.56 Å². The highest BCUT2D eigenvalue weighted by molar-refractivity contribution is 14.1. The highest BCUT2D eigenvalue weighted by atomic mass is 127. The number of carbonyl (C=O) groups excluding carboxylic acids is 1. The summed E-state index contributed by atoms with van der Waals surface area (Å²) in [6.45, 7) is 2.10. The quantitative estimate of drug-likeness (QED) is 0.829. The van der Waals surface area contributed by atoms with Crippen LogP contribution in [0.1, 0.15) is 17.3 Å². The molecule has 5 heteroatoms. The van der Waals surface area contributed by atoms with Crippen LogP contribution in [-0.4, -0.2) is 18.5 Å². The van der Waals surface area contributed by atoms with Gasteiger partial charge in [-0.15, -0.1) is 0 Å². The third kappa shape index (κ3) is 3.13. The lowest BCUT2D eigenvalue weighted by Gasteiger charge is -2.12. The second-order valence-electron chi connectivity index (χ2n) is 3.21. The summed E-state index contributed by atoms with van der Waals surface area (Å²) in [6.07, 6.45) is 0. The lowest BCUT2D eigenvalue weighted by Crippen LogP contribution is -2.38. The molecule has 0 bridgehead atoms. The average molecular weight is 322 g/mol. The number of benzene rings is 1. The second-order valence-corrected chi connectivity index (χ2v) is 4.37. The maximum absolute atomic E-state index is 13.4. The van der Waals surface area contributed by atoms with E-state index in [0.717, 1.165) is 0 Å². The van der Waals surface area contributed by atoms with E-state index < -0.39 is 11.7 Å². The lowest BCUT2D eigenvalue weighted by atomic mass is 10.2. The van der Waals surface area contributed by atoms with E-state index in [1.54, 1.807) is 19.1 Å². The van der Waals surface area contributed by atoms with Crippen molar-refractivity contribution in [1.82, 2.24) is 5.32 Å². The Kier molecular flexibility index (Phi) is 4.46. The fourth-order valence-corrected chi connectivity index (χ4v) is 1.78. The molecule has 1 amide bonds. The van der Waals surface area contributed by atoms with Crippen LogP contribution in [-0.2, 0) is 0 Å². The topological polar surface area (TPSA) is 55.1 Å². The first-order valence-electron chi connectivity index (χ1n) is 4.51. The molecule has 0 spiro atoms. The predicted octanol–water partition coefficient (Wildman–Crippen LogP) is 1.51. The molecular weight excluding hydrogens is 310 g/mol. The molecule has 0 aliphatic carbocycles. The van der Waals surface area contributed by atoms with Crippen LogP contribution in [0.4, 0.5) is 4.39 Å². The molecule has 1 aromatic rings. The van der Waals surface area contributed by atoms with Crippen LogP contribution < -0.4 is 11.1 Å². The van der Waals surface area contributed by atoms with Gasteiger partial charge in [0.2, 0.25) is 0 Å². The van der Waals surface area contributed by atoms with Gasteiger partial charge in [0, 0.05) is 16.2 Å². The molecule has 0 unspecified atom stereocenters. The van der Waals surface area contributed by atoms with Crippen LogP contribution >= 0.6 is 22.6 Å². The molecule has 1 aromatic carbocycles. The number of nitrogens with one attached hydrogen (secondary N) is 1. The van der Waals surface area contributed by atoms with Crippen molar-refractivity contribution in [3.8, 4) is 0 Å². The fourth-order valence-electron chi connectivity index (χ4n) is 1.07. The Bertz CT molecular complexity index is 350. The Labute approximate surface area is 101 Å². The molecule has 0 saturated heterocycles. The second kappa shape index (κ2) is 5.41. The van der Waals surface area contributed by atoms with Crippen molar-refractivity contribution in [1.29, 1.82) is 0 Å². The minimum absolute atomic E-state index is 0.0819. The van der Waals surface area contributed by atoms with Gasteiger partial charge in [0.15, 0.2) is 0 Å². The summed E-state index contributed by atoms with van der Waals surface area (Å²) in [7, 11) is 0. The molecule has 15 heavy (non-hydrogen) atoms. The fraction of sp³-hybridized carbons (Fsp3) is 0.300. The molecule has 1 atom stereocenters. The summed E-state index contributed by atoms with van der Waals surface area (Å²) in [4.78, 5) is 11.6. The highest BCUT2D eigenvalue weighted by Gasteiger charge is 2.16. The number of hydrogen-bond acceptors (Lipinski definition) is 2. The van der Waals surface area contributed by atoms with Crippen LogP contribution in [0, 0.1) is 9.39 Å². The molecule has 0 aliphatic rings. The van der Waals surface area contributed by atoms with Gasteiger partial charge in [0.25, 0.3) is 5.91 Å². The third-order valence-corrected chi connectivity index (χ3v) is 2.82. The molecule has 0 aliphatic heterocycles. The maximum atomic E-state index is 13.4. The first-order chi connectivity index (χ1) is 7.06. The van der Waals surface area contributed by atoms with Gasteiger partial charge < -0.3 is 11.1 Å². The SMILES string of the molecule is C[C@H](CN)NC(=O)c1c(F)cccc1I. The smallest absolute Gasteiger partial charge is 0.255 e. The van der Waals surface area contributed by atoms with E-state index in [9.17, 15) is 9.18 Å². The van der Waals surface area contributed by atoms with Crippen molar-refractivity contribution in [3.05, 3.63) is 33.1 Å². The molecular formula is C10H12FIN2O. The van der Waals surface area contributed by atoms with Crippen molar-refractivity contribution in [2.45, 2.75) is 13.0 Å². The Balaban J connectivity index is 2.91. The average Bonchev–Trinajstić information content (AvgIpc) is 2.17. The summed E-state index contributed by atoms with van der Waals surface area (Å²) < 4.78 is 14.0. The molecule has 0 radical (unpaired) electrons. The lowest BCUT2D eigenvalue weighted by molar-refractivity contribution is 0.0936. The molecule has 82 valence electrons. The Morgan fingerprint density at radius 2 is 2.33 bits per heavy atom. The van der Waals surface area contributed by atoms with Crippen molar-refractivity contribution in [2.75, 3.05) is 6.54 Å². The predicted molar refractivity (Wildman–Crippen MR) is 65.1 cm³/mol. The van der Waals surface area contributed by atoms with Crippen LogP contribution in [0.5, 0.6) is 0 Å². The Hall–Kier alpha value is -0.690. The minimum atomic E-state index is -0.511. The van der Waals surface area contributed by atoms with Gasteiger partial charge in [-0.3, -0.25) is 4.79 Å². The van der Waals surface area contributed by atoms with Crippen LogP contribution in [0.25, 0.3) is 0 Å².